The summed E-state index contributed by atoms with van der Waals surface area (Å²) < 4.78 is 24.8. The number of rotatable bonds is 5. The van der Waals surface area contributed by atoms with Gasteiger partial charge in [0.1, 0.15) is 0 Å². The molecular weight excluding hydrogens is 238 g/mol. The molecule has 0 aromatic heterocycles. The zero-order chi connectivity index (χ0) is 12.9. The van der Waals surface area contributed by atoms with Crippen molar-refractivity contribution in [2.45, 2.75) is 12.4 Å². The topological polar surface area (TPSA) is 57.6 Å². The van der Waals surface area contributed by atoms with Crippen molar-refractivity contribution in [2.24, 2.45) is 0 Å². The molecule has 0 fully saturated rings. The van der Waals surface area contributed by atoms with Gasteiger partial charge in [0.25, 0.3) is 0 Å². The Morgan fingerprint density at radius 2 is 1.82 bits per heavy atom. The van der Waals surface area contributed by atoms with Gasteiger partial charge in [-0.05, 0) is 11.1 Å². The van der Waals surface area contributed by atoms with Crippen LogP contribution in [0, 0.1) is 12.3 Å². The Morgan fingerprint density at radius 1 is 1.29 bits per heavy atom. The van der Waals surface area contributed by atoms with Gasteiger partial charge in [0, 0.05) is 7.05 Å². The van der Waals surface area contributed by atoms with Gasteiger partial charge in [-0.2, -0.15) is 4.31 Å². The molecule has 0 saturated carbocycles. The summed E-state index contributed by atoms with van der Waals surface area (Å²) in [5, 5.41) is 8.87. The average molecular weight is 253 g/mol. The lowest BCUT2D eigenvalue weighted by molar-refractivity contribution is 0.282. The summed E-state index contributed by atoms with van der Waals surface area (Å²) >= 11 is 0. The summed E-state index contributed by atoms with van der Waals surface area (Å²) in [5.74, 6) is 2.20. The minimum atomic E-state index is -3.37. The van der Waals surface area contributed by atoms with E-state index >= 15 is 0 Å². The van der Waals surface area contributed by atoms with Crippen LogP contribution in [0.3, 0.4) is 0 Å². The van der Waals surface area contributed by atoms with Gasteiger partial charge in [-0.3, -0.25) is 0 Å². The lowest BCUT2D eigenvalue weighted by atomic mass is 10.2. The molecular formula is C12H15NO3S. The Bertz CT molecular complexity index is 500. The van der Waals surface area contributed by atoms with E-state index in [1.807, 2.05) is 0 Å². The van der Waals surface area contributed by atoms with E-state index in [0.29, 0.717) is 5.56 Å². The molecule has 5 heteroatoms. The van der Waals surface area contributed by atoms with Crippen LogP contribution in [-0.2, 0) is 22.4 Å². The van der Waals surface area contributed by atoms with Gasteiger partial charge in [0.15, 0.2) is 0 Å². The van der Waals surface area contributed by atoms with Gasteiger partial charge in [-0.25, -0.2) is 8.42 Å². The van der Waals surface area contributed by atoms with Crippen LogP contribution in [0.15, 0.2) is 24.3 Å². The van der Waals surface area contributed by atoms with Gasteiger partial charge >= 0.3 is 0 Å². The highest BCUT2D eigenvalue weighted by molar-refractivity contribution is 7.88. The SMILES string of the molecule is C#CCN(C)S(=O)(=O)Cc1ccc(CO)cc1. The Morgan fingerprint density at radius 3 is 2.29 bits per heavy atom. The zero-order valence-electron chi connectivity index (χ0n) is 9.63. The van der Waals surface area contributed by atoms with Crippen LogP contribution in [-0.4, -0.2) is 31.4 Å². The van der Waals surface area contributed by atoms with Crippen molar-refractivity contribution < 1.29 is 13.5 Å². The van der Waals surface area contributed by atoms with Crippen LogP contribution in [0.2, 0.25) is 0 Å². The van der Waals surface area contributed by atoms with Gasteiger partial charge in [0.2, 0.25) is 10.0 Å². The van der Waals surface area contributed by atoms with E-state index in [9.17, 15) is 8.42 Å². The van der Waals surface area contributed by atoms with Gasteiger partial charge in [0.05, 0.1) is 18.9 Å². The van der Waals surface area contributed by atoms with Crippen LogP contribution < -0.4 is 0 Å². The highest BCUT2D eigenvalue weighted by Crippen LogP contribution is 2.10. The largest absolute Gasteiger partial charge is 0.392 e. The monoisotopic (exact) mass is 253 g/mol. The molecule has 1 N–H and O–H groups in total. The molecule has 0 unspecified atom stereocenters. The van der Waals surface area contributed by atoms with Crippen LogP contribution in [0.1, 0.15) is 11.1 Å². The third-order valence-electron chi connectivity index (χ3n) is 2.34. The third kappa shape index (κ3) is 3.86. The molecule has 4 nitrogen and oxygen atoms in total. The van der Waals surface area contributed by atoms with Gasteiger partial charge in [-0.15, -0.1) is 6.42 Å². The van der Waals surface area contributed by atoms with Crippen LogP contribution in [0.4, 0.5) is 0 Å². The maximum absolute atomic E-state index is 11.8. The second-order valence-corrected chi connectivity index (χ2v) is 5.77. The Kier molecular flexibility index (Phi) is 4.70. The molecule has 0 aliphatic carbocycles. The van der Waals surface area contributed by atoms with E-state index < -0.39 is 10.0 Å². The van der Waals surface area contributed by atoms with Crippen molar-refractivity contribution in [3.05, 3.63) is 35.4 Å². The van der Waals surface area contributed by atoms with Crippen LogP contribution >= 0.6 is 0 Å². The molecule has 0 radical (unpaired) electrons. The molecule has 17 heavy (non-hydrogen) atoms. The van der Waals surface area contributed by atoms with Crippen molar-refractivity contribution >= 4 is 10.0 Å². The molecule has 0 atom stereocenters. The number of hydrogen-bond acceptors (Lipinski definition) is 3. The maximum atomic E-state index is 11.8. The number of benzene rings is 1. The lowest BCUT2D eigenvalue weighted by Crippen LogP contribution is -2.28. The molecule has 0 spiro atoms. The number of nitrogens with zero attached hydrogens (tertiary/aromatic N) is 1. The summed E-state index contributed by atoms with van der Waals surface area (Å²) in [6.07, 6.45) is 5.07. The fourth-order valence-electron chi connectivity index (χ4n) is 1.29. The third-order valence-corrected chi connectivity index (χ3v) is 4.12. The molecule has 0 aliphatic heterocycles. The predicted octanol–water partition coefficient (Wildman–Crippen LogP) is 0.574. The summed E-state index contributed by atoms with van der Waals surface area (Å²) in [5.41, 5.74) is 1.43. The van der Waals surface area contributed by atoms with E-state index in [4.69, 9.17) is 11.5 Å². The summed E-state index contributed by atoms with van der Waals surface area (Å²) in [6, 6.07) is 6.78. The molecule has 0 bridgehead atoms. The highest BCUT2D eigenvalue weighted by atomic mass is 32.2. The van der Waals surface area contributed by atoms with Gasteiger partial charge in [-0.1, -0.05) is 30.2 Å². The van der Waals surface area contributed by atoms with Gasteiger partial charge < -0.3 is 5.11 Å². The molecule has 1 aromatic carbocycles. The highest BCUT2D eigenvalue weighted by Gasteiger charge is 2.17. The Labute approximate surface area is 102 Å². The number of aliphatic hydroxyl groups is 1. The first-order valence-electron chi connectivity index (χ1n) is 5.05. The number of sulfonamides is 1. The van der Waals surface area contributed by atoms with Crippen molar-refractivity contribution in [3.63, 3.8) is 0 Å². The zero-order valence-corrected chi connectivity index (χ0v) is 10.4. The molecule has 0 aliphatic rings. The van der Waals surface area contributed by atoms with Crippen molar-refractivity contribution in [1.82, 2.24) is 4.31 Å². The first kappa shape index (κ1) is 13.7. The van der Waals surface area contributed by atoms with E-state index in [1.165, 1.54) is 7.05 Å². The molecule has 0 amide bonds. The standard InChI is InChI=1S/C12H15NO3S/c1-3-8-13(2)17(15,16)10-12-6-4-11(9-14)5-7-12/h1,4-7,14H,8-10H2,2H3. The second-order valence-electron chi connectivity index (χ2n) is 3.69. The summed E-state index contributed by atoms with van der Waals surface area (Å²) in [7, 11) is -1.91. The summed E-state index contributed by atoms with van der Waals surface area (Å²) in [4.78, 5) is 0. The normalized spacial score (nSPS) is 11.4. The quantitative estimate of drug-likeness (QED) is 0.781. The Hall–Kier alpha value is -1.35. The minimum Gasteiger partial charge on any atom is -0.392 e. The minimum absolute atomic E-state index is 0.0516. The van der Waals surface area contributed by atoms with E-state index in [1.54, 1.807) is 24.3 Å². The van der Waals surface area contributed by atoms with Crippen molar-refractivity contribution in [1.29, 1.82) is 0 Å². The number of hydrogen-bond donors (Lipinski definition) is 1. The van der Waals surface area contributed by atoms with E-state index in [2.05, 4.69) is 5.92 Å². The van der Waals surface area contributed by atoms with Crippen LogP contribution in [0.25, 0.3) is 0 Å². The summed E-state index contributed by atoms with van der Waals surface area (Å²) in [6.45, 7) is 0.0150. The first-order chi connectivity index (χ1) is 7.99. The van der Waals surface area contributed by atoms with E-state index in [0.717, 1.165) is 9.87 Å². The lowest BCUT2D eigenvalue weighted by Gasteiger charge is -2.14. The Balaban J connectivity index is 2.80. The van der Waals surface area contributed by atoms with Crippen LogP contribution in [0.5, 0.6) is 0 Å². The predicted molar refractivity (Wildman–Crippen MR) is 66.5 cm³/mol. The molecule has 1 rings (SSSR count). The fraction of sp³-hybridized carbons (Fsp3) is 0.333. The maximum Gasteiger partial charge on any atom is 0.218 e. The smallest absolute Gasteiger partial charge is 0.218 e. The second kappa shape index (κ2) is 5.82. The molecule has 0 saturated heterocycles. The fourth-order valence-corrected chi connectivity index (χ4v) is 2.39. The molecule has 0 heterocycles. The average Bonchev–Trinajstić information content (AvgIpc) is 2.30. The van der Waals surface area contributed by atoms with Crippen molar-refractivity contribution in [2.75, 3.05) is 13.6 Å². The number of terminal acetylenes is 1. The van der Waals surface area contributed by atoms with E-state index in [-0.39, 0.29) is 18.9 Å². The first-order valence-corrected chi connectivity index (χ1v) is 6.66. The number of aliphatic hydroxyl groups excluding tert-OH is 1. The molecule has 1 aromatic rings. The molecule has 92 valence electrons. The van der Waals surface area contributed by atoms with Crippen molar-refractivity contribution in [3.8, 4) is 12.3 Å².